The van der Waals surface area contributed by atoms with E-state index in [2.05, 4.69) is 6.07 Å². The summed E-state index contributed by atoms with van der Waals surface area (Å²) in [6.07, 6.45) is 1.77. The lowest BCUT2D eigenvalue weighted by Crippen LogP contribution is -2.35. The molecule has 152 valence electrons. The maximum atomic E-state index is 13.2. The molecule has 3 aromatic carbocycles. The highest BCUT2D eigenvalue weighted by Gasteiger charge is 2.24. The van der Waals surface area contributed by atoms with Gasteiger partial charge in [-0.1, -0.05) is 23.7 Å². The smallest absolute Gasteiger partial charge is 0.258 e. The number of amides is 1. The van der Waals surface area contributed by atoms with Gasteiger partial charge >= 0.3 is 0 Å². The van der Waals surface area contributed by atoms with Crippen molar-refractivity contribution in [3.8, 4) is 16.9 Å². The largest absolute Gasteiger partial charge is 0.497 e. The summed E-state index contributed by atoms with van der Waals surface area (Å²) in [5, 5.41) is 0.597. The quantitative estimate of drug-likeness (QED) is 0.501. The van der Waals surface area contributed by atoms with Crippen molar-refractivity contribution < 1.29 is 14.3 Å². The molecule has 3 aromatic rings. The second-order valence-corrected chi connectivity index (χ2v) is 7.79. The van der Waals surface area contributed by atoms with E-state index in [0.29, 0.717) is 28.4 Å². The number of aryl methyl sites for hydroxylation is 1. The summed E-state index contributed by atoms with van der Waals surface area (Å²) in [5.74, 6) is 0.619. The minimum absolute atomic E-state index is 0.000868. The third-order valence-corrected chi connectivity index (χ3v) is 5.77. The van der Waals surface area contributed by atoms with Crippen molar-refractivity contribution in [2.24, 2.45) is 0 Å². The third kappa shape index (κ3) is 3.83. The van der Waals surface area contributed by atoms with E-state index in [1.807, 2.05) is 35.2 Å². The summed E-state index contributed by atoms with van der Waals surface area (Å²) in [7, 11) is 1.59. The highest BCUT2D eigenvalue weighted by atomic mass is 35.5. The number of fused-ring (bicyclic) bond motifs is 1. The number of hydrogen-bond acceptors (Lipinski definition) is 3. The summed E-state index contributed by atoms with van der Waals surface area (Å²) < 4.78 is 5.26. The molecule has 0 aliphatic carbocycles. The first-order valence-electron chi connectivity index (χ1n) is 9.87. The summed E-state index contributed by atoms with van der Waals surface area (Å²) in [4.78, 5) is 26.8. The van der Waals surface area contributed by atoms with Crippen LogP contribution in [0.15, 0.2) is 60.7 Å². The van der Waals surface area contributed by atoms with Crippen LogP contribution in [0.3, 0.4) is 0 Å². The number of rotatable bonds is 4. The van der Waals surface area contributed by atoms with E-state index in [4.69, 9.17) is 16.3 Å². The van der Waals surface area contributed by atoms with Gasteiger partial charge < -0.3 is 9.64 Å². The van der Waals surface area contributed by atoms with Crippen LogP contribution in [-0.2, 0) is 6.42 Å². The molecular weight excluding hydrogens is 398 g/mol. The molecule has 30 heavy (non-hydrogen) atoms. The van der Waals surface area contributed by atoms with Gasteiger partial charge in [-0.2, -0.15) is 0 Å². The van der Waals surface area contributed by atoms with Gasteiger partial charge in [0.25, 0.3) is 5.91 Å². The first-order valence-corrected chi connectivity index (χ1v) is 10.3. The van der Waals surface area contributed by atoms with Gasteiger partial charge in [0.15, 0.2) is 5.78 Å². The van der Waals surface area contributed by atoms with E-state index in [1.54, 1.807) is 38.3 Å². The van der Waals surface area contributed by atoms with Crippen molar-refractivity contribution >= 4 is 29.0 Å². The Balaban J connectivity index is 1.70. The molecule has 0 saturated carbocycles. The minimum Gasteiger partial charge on any atom is -0.497 e. The highest BCUT2D eigenvalue weighted by Crippen LogP contribution is 2.35. The van der Waals surface area contributed by atoms with Crippen molar-refractivity contribution in [3.63, 3.8) is 0 Å². The first kappa shape index (κ1) is 20.2. The Hall–Kier alpha value is -3.11. The van der Waals surface area contributed by atoms with Crippen LogP contribution in [0, 0.1) is 0 Å². The Labute approximate surface area is 181 Å². The van der Waals surface area contributed by atoms with Crippen molar-refractivity contribution in [2.75, 3.05) is 18.6 Å². The normalized spacial score (nSPS) is 13.0. The van der Waals surface area contributed by atoms with Crippen molar-refractivity contribution in [3.05, 3.63) is 82.4 Å². The second-order valence-electron chi connectivity index (χ2n) is 7.39. The number of Topliss-reactive ketones (excluding diaryl/α,β-unsaturated/α-hetero) is 1. The van der Waals surface area contributed by atoms with E-state index >= 15 is 0 Å². The number of carbonyl (C=O) groups is 2. The minimum atomic E-state index is -0.0424. The van der Waals surface area contributed by atoms with Crippen molar-refractivity contribution in [1.82, 2.24) is 0 Å². The molecule has 0 bridgehead atoms. The van der Waals surface area contributed by atoms with Crippen molar-refractivity contribution in [1.29, 1.82) is 0 Å². The zero-order valence-electron chi connectivity index (χ0n) is 16.9. The third-order valence-electron chi connectivity index (χ3n) is 5.44. The Kier molecular flexibility index (Phi) is 5.60. The molecule has 0 saturated heterocycles. The molecule has 0 fully saturated rings. The molecule has 1 amide bonds. The fourth-order valence-corrected chi connectivity index (χ4v) is 4.08. The molecule has 1 aliphatic heterocycles. The Morgan fingerprint density at radius 1 is 1.00 bits per heavy atom. The van der Waals surface area contributed by atoms with Gasteiger partial charge in [0.05, 0.1) is 7.11 Å². The number of ketones is 1. The number of methoxy groups -OCH3 is 1. The summed E-state index contributed by atoms with van der Waals surface area (Å²) >= 11 is 6.42. The molecule has 4 rings (SSSR count). The molecule has 5 heteroatoms. The van der Waals surface area contributed by atoms with Gasteiger partial charge in [0.1, 0.15) is 5.75 Å². The molecule has 1 heterocycles. The first-order chi connectivity index (χ1) is 14.5. The predicted octanol–water partition coefficient (Wildman–Crippen LogP) is 5.81. The number of ether oxygens (including phenoxy) is 1. The van der Waals surface area contributed by atoms with Crippen LogP contribution in [0.1, 0.15) is 39.6 Å². The number of carbonyl (C=O) groups excluding carboxylic acids is 2. The highest BCUT2D eigenvalue weighted by molar-refractivity contribution is 6.33. The van der Waals surface area contributed by atoms with E-state index in [1.165, 1.54) is 0 Å². The molecule has 0 unspecified atom stereocenters. The molecule has 1 aliphatic rings. The zero-order valence-corrected chi connectivity index (χ0v) is 17.7. The van der Waals surface area contributed by atoms with Gasteiger partial charge in [0.2, 0.25) is 0 Å². The number of benzene rings is 3. The molecule has 0 radical (unpaired) electrons. The number of halogens is 1. The fourth-order valence-electron chi connectivity index (χ4n) is 3.85. The maximum Gasteiger partial charge on any atom is 0.258 e. The van der Waals surface area contributed by atoms with E-state index < -0.39 is 0 Å². The Morgan fingerprint density at radius 2 is 1.83 bits per heavy atom. The SMILES string of the molecule is COc1cccc(C(=O)N2CCCc3cc(-c4cc(C(C)=O)ccc4Cl)ccc32)c1. The van der Waals surface area contributed by atoms with Gasteiger partial charge in [0, 0.05) is 33.9 Å². The fraction of sp³-hybridized carbons (Fsp3) is 0.200. The lowest BCUT2D eigenvalue weighted by atomic mass is 9.94. The molecule has 0 N–H and O–H groups in total. The van der Waals surface area contributed by atoms with Crippen LogP contribution in [-0.4, -0.2) is 25.3 Å². The van der Waals surface area contributed by atoms with E-state index in [-0.39, 0.29) is 11.7 Å². The lowest BCUT2D eigenvalue weighted by Gasteiger charge is -2.30. The summed E-state index contributed by atoms with van der Waals surface area (Å²) in [6, 6.07) is 18.5. The number of anilines is 1. The van der Waals surface area contributed by atoms with Crippen LogP contribution >= 0.6 is 11.6 Å². The number of nitrogens with zero attached hydrogens (tertiary/aromatic N) is 1. The maximum absolute atomic E-state index is 13.2. The van der Waals surface area contributed by atoms with Gasteiger partial charge in [-0.25, -0.2) is 0 Å². The molecule has 4 nitrogen and oxygen atoms in total. The molecule has 0 aromatic heterocycles. The summed E-state index contributed by atoms with van der Waals surface area (Å²) in [5.41, 5.74) is 5.00. The average Bonchev–Trinajstić information content (AvgIpc) is 2.78. The van der Waals surface area contributed by atoms with Crippen LogP contribution in [0.25, 0.3) is 11.1 Å². The van der Waals surface area contributed by atoms with Crippen molar-refractivity contribution in [2.45, 2.75) is 19.8 Å². The standard InChI is InChI=1S/C25H22ClNO3/c1-16(28)17-8-10-23(26)22(15-17)18-9-11-24-19(13-18)6-4-12-27(24)25(29)20-5-3-7-21(14-20)30-2/h3,5,7-11,13-15H,4,6,12H2,1-2H3. The van der Waals surface area contributed by atoms with Gasteiger partial charge in [-0.05, 0) is 79.4 Å². The van der Waals surface area contributed by atoms with Crippen LogP contribution in [0.2, 0.25) is 5.02 Å². The molecular formula is C25H22ClNO3. The van der Waals surface area contributed by atoms with Crippen LogP contribution < -0.4 is 9.64 Å². The van der Waals surface area contributed by atoms with Gasteiger partial charge in [-0.3, -0.25) is 9.59 Å². The summed E-state index contributed by atoms with van der Waals surface area (Å²) in [6.45, 7) is 2.21. The van der Waals surface area contributed by atoms with Crippen LogP contribution in [0.4, 0.5) is 5.69 Å². The zero-order chi connectivity index (χ0) is 21.3. The molecule has 0 spiro atoms. The number of hydrogen-bond donors (Lipinski definition) is 0. The topological polar surface area (TPSA) is 46.6 Å². The van der Waals surface area contributed by atoms with E-state index in [0.717, 1.165) is 35.2 Å². The molecule has 0 atom stereocenters. The predicted molar refractivity (Wildman–Crippen MR) is 120 cm³/mol. The second kappa shape index (κ2) is 8.33. The average molecular weight is 420 g/mol. The van der Waals surface area contributed by atoms with Gasteiger partial charge in [-0.15, -0.1) is 0 Å². The van der Waals surface area contributed by atoms with E-state index in [9.17, 15) is 9.59 Å². The lowest BCUT2D eigenvalue weighted by molar-refractivity contribution is 0.0982. The van der Waals surface area contributed by atoms with Crippen LogP contribution in [0.5, 0.6) is 5.75 Å². The monoisotopic (exact) mass is 419 g/mol. The Bertz CT molecular complexity index is 1140. The Morgan fingerprint density at radius 3 is 2.60 bits per heavy atom.